The lowest BCUT2D eigenvalue weighted by Crippen LogP contribution is -2.29. The Morgan fingerprint density at radius 1 is 1.05 bits per heavy atom. The van der Waals surface area contributed by atoms with Crippen molar-refractivity contribution in [1.29, 1.82) is 0 Å². The third kappa shape index (κ3) is 2.66. The maximum absolute atomic E-state index is 5.87. The Morgan fingerprint density at radius 3 is 2.62 bits per heavy atom. The standard InChI is InChI=1S/C17H16IN3/c1-11-5-2-7-14(16(11)18)17(21-19)13-6-3-9-15-12(13)8-4-10-20-15/h2-10,17,21H,19H2,1H3. The first-order valence-corrected chi connectivity index (χ1v) is 7.85. The number of fused-ring (bicyclic) bond motifs is 1. The number of nitrogens with zero attached hydrogens (tertiary/aromatic N) is 1. The molecule has 3 N–H and O–H groups in total. The van der Waals surface area contributed by atoms with Crippen molar-refractivity contribution < 1.29 is 0 Å². The molecule has 0 saturated heterocycles. The molecule has 3 rings (SSSR count). The third-order valence-electron chi connectivity index (χ3n) is 3.69. The van der Waals surface area contributed by atoms with Gasteiger partial charge in [0, 0.05) is 15.2 Å². The smallest absolute Gasteiger partial charge is 0.0726 e. The summed E-state index contributed by atoms with van der Waals surface area (Å²) in [5.74, 6) is 5.87. The van der Waals surface area contributed by atoms with E-state index in [0.717, 1.165) is 16.5 Å². The fourth-order valence-corrected chi connectivity index (χ4v) is 3.29. The molecule has 0 aliphatic carbocycles. The van der Waals surface area contributed by atoms with Gasteiger partial charge >= 0.3 is 0 Å². The zero-order chi connectivity index (χ0) is 14.8. The second-order valence-corrected chi connectivity index (χ2v) is 6.07. The van der Waals surface area contributed by atoms with Crippen LogP contribution in [-0.2, 0) is 0 Å². The lowest BCUT2D eigenvalue weighted by atomic mass is 9.95. The van der Waals surface area contributed by atoms with Crippen molar-refractivity contribution in [3.05, 3.63) is 75.0 Å². The van der Waals surface area contributed by atoms with Crippen LogP contribution in [0.4, 0.5) is 0 Å². The summed E-state index contributed by atoms with van der Waals surface area (Å²) < 4.78 is 1.24. The molecular weight excluding hydrogens is 373 g/mol. The van der Waals surface area contributed by atoms with Gasteiger partial charge in [-0.1, -0.05) is 36.4 Å². The molecule has 0 aliphatic heterocycles. The molecule has 0 radical (unpaired) electrons. The highest BCUT2D eigenvalue weighted by Crippen LogP contribution is 2.31. The van der Waals surface area contributed by atoms with Crippen LogP contribution in [0.25, 0.3) is 10.9 Å². The number of nitrogens with one attached hydrogen (secondary N) is 1. The fraction of sp³-hybridized carbons (Fsp3) is 0.118. The summed E-state index contributed by atoms with van der Waals surface area (Å²) in [5, 5.41) is 1.13. The number of aromatic nitrogens is 1. The number of hydrogen-bond acceptors (Lipinski definition) is 3. The van der Waals surface area contributed by atoms with Gasteiger partial charge in [0.2, 0.25) is 0 Å². The Hall–Kier alpha value is -1.50. The molecule has 0 saturated carbocycles. The van der Waals surface area contributed by atoms with Crippen molar-refractivity contribution in [2.45, 2.75) is 13.0 Å². The molecule has 2 aromatic carbocycles. The number of pyridine rings is 1. The van der Waals surface area contributed by atoms with E-state index in [2.05, 4.69) is 70.3 Å². The molecule has 0 aliphatic rings. The van der Waals surface area contributed by atoms with Crippen LogP contribution in [0.5, 0.6) is 0 Å². The maximum Gasteiger partial charge on any atom is 0.0726 e. The number of halogens is 1. The first-order chi connectivity index (χ1) is 10.2. The third-order valence-corrected chi connectivity index (χ3v) is 5.16. The van der Waals surface area contributed by atoms with Crippen LogP contribution in [0.1, 0.15) is 22.7 Å². The quantitative estimate of drug-likeness (QED) is 0.408. The molecule has 3 aromatic rings. The van der Waals surface area contributed by atoms with E-state index in [-0.39, 0.29) is 6.04 Å². The van der Waals surface area contributed by atoms with Crippen LogP contribution in [0, 0.1) is 10.5 Å². The largest absolute Gasteiger partial charge is 0.271 e. The van der Waals surface area contributed by atoms with Gasteiger partial charge in [0.1, 0.15) is 0 Å². The Morgan fingerprint density at radius 2 is 1.81 bits per heavy atom. The molecular formula is C17H16IN3. The van der Waals surface area contributed by atoms with Crippen LogP contribution in [-0.4, -0.2) is 4.98 Å². The lowest BCUT2D eigenvalue weighted by Gasteiger charge is -2.21. The van der Waals surface area contributed by atoms with E-state index in [1.54, 1.807) is 0 Å². The van der Waals surface area contributed by atoms with E-state index < -0.39 is 0 Å². The van der Waals surface area contributed by atoms with Gasteiger partial charge in [0.15, 0.2) is 0 Å². The molecule has 4 heteroatoms. The number of hydrazine groups is 1. The van der Waals surface area contributed by atoms with Crippen LogP contribution in [0.15, 0.2) is 54.7 Å². The summed E-state index contributed by atoms with van der Waals surface area (Å²) in [6, 6.07) is 16.5. The molecule has 1 heterocycles. The molecule has 0 fully saturated rings. The molecule has 106 valence electrons. The Balaban J connectivity index is 2.21. The molecule has 0 spiro atoms. The van der Waals surface area contributed by atoms with Gasteiger partial charge in [-0.05, 0) is 58.3 Å². The van der Waals surface area contributed by atoms with Gasteiger partial charge in [-0.25, -0.2) is 5.43 Å². The minimum atomic E-state index is -0.0512. The van der Waals surface area contributed by atoms with Crippen molar-refractivity contribution in [3.63, 3.8) is 0 Å². The summed E-state index contributed by atoms with van der Waals surface area (Å²) in [6.07, 6.45) is 1.81. The van der Waals surface area contributed by atoms with Crippen molar-refractivity contribution in [1.82, 2.24) is 10.4 Å². The van der Waals surface area contributed by atoms with E-state index in [4.69, 9.17) is 5.84 Å². The van der Waals surface area contributed by atoms with Gasteiger partial charge in [-0.3, -0.25) is 10.8 Å². The second kappa shape index (κ2) is 6.09. The van der Waals surface area contributed by atoms with Crippen LogP contribution in [0.3, 0.4) is 0 Å². The molecule has 0 amide bonds. The zero-order valence-corrected chi connectivity index (χ0v) is 13.8. The number of aryl methyl sites for hydroxylation is 1. The molecule has 1 aromatic heterocycles. The summed E-state index contributed by atoms with van der Waals surface area (Å²) in [7, 11) is 0. The number of nitrogens with two attached hydrogens (primary N) is 1. The Kier molecular flexibility index (Phi) is 4.19. The van der Waals surface area contributed by atoms with Crippen molar-refractivity contribution in [2.24, 2.45) is 5.84 Å². The zero-order valence-electron chi connectivity index (χ0n) is 11.7. The molecule has 0 bridgehead atoms. The maximum atomic E-state index is 5.87. The molecule has 1 unspecified atom stereocenters. The van der Waals surface area contributed by atoms with Crippen molar-refractivity contribution in [2.75, 3.05) is 0 Å². The van der Waals surface area contributed by atoms with Gasteiger partial charge in [0.05, 0.1) is 11.6 Å². The highest BCUT2D eigenvalue weighted by molar-refractivity contribution is 14.1. The van der Waals surface area contributed by atoms with Crippen LogP contribution in [0.2, 0.25) is 0 Å². The van der Waals surface area contributed by atoms with Gasteiger partial charge in [-0.15, -0.1) is 0 Å². The molecule has 3 nitrogen and oxygen atoms in total. The highest BCUT2D eigenvalue weighted by atomic mass is 127. The van der Waals surface area contributed by atoms with Gasteiger partial charge in [-0.2, -0.15) is 0 Å². The summed E-state index contributed by atoms with van der Waals surface area (Å²) in [4.78, 5) is 4.42. The average Bonchev–Trinajstić information content (AvgIpc) is 2.52. The van der Waals surface area contributed by atoms with E-state index in [0.29, 0.717) is 0 Å². The Labute approximate surface area is 137 Å². The number of hydrogen-bond donors (Lipinski definition) is 2. The highest BCUT2D eigenvalue weighted by Gasteiger charge is 2.18. The summed E-state index contributed by atoms with van der Waals surface area (Å²) in [6.45, 7) is 2.11. The predicted molar refractivity (Wildman–Crippen MR) is 94.8 cm³/mol. The number of benzene rings is 2. The van der Waals surface area contributed by atoms with Gasteiger partial charge < -0.3 is 0 Å². The topological polar surface area (TPSA) is 50.9 Å². The van der Waals surface area contributed by atoms with E-state index in [1.807, 2.05) is 24.4 Å². The lowest BCUT2D eigenvalue weighted by molar-refractivity contribution is 0.638. The first kappa shape index (κ1) is 14.4. The van der Waals surface area contributed by atoms with E-state index >= 15 is 0 Å². The first-order valence-electron chi connectivity index (χ1n) is 6.77. The van der Waals surface area contributed by atoms with E-state index in [9.17, 15) is 0 Å². The summed E-state index contributed by atoms with van der Waals surface area (Å²) >= 11 is 2.38. The second-order valence-electron chi connectivity index (χ2n) is 5.00. The van der Waals surface area contributed by atoms with Crippen LogP contribution >= 0.6 is 22.6 Å². The SMILES string of the molecule is Cc1cccc(C(NN)c2cccc3ncccc23)c1I. The monoisotopic (exact) mass is 389 g/mol. The average molecular weight is 389 g/mol. The Bertz CT molecular complexity index is 781. The van der Waals surface area contributed by atoms with Crippen LogP contribution < -0.4 is 11.3 Å². The van der Waals surface area contributed by atoms with Crippen molar-refractivity contribution in [3.8, 4) is 0 Å². The predicted octanol–water partition coefficient (Wildman–Crippen LogP) is 3.70. The van der Waals surface area contributed by atoms with Crippen molar-refractivity contribution >= 4 is 33.5 Å². The molecule has 21 heavy (non-hydrogen) atoms. The van der Waals surface area contributed by atoms with E-state index in [1.165, 1.54) is 14.7 Å². The number of rotatable bonds is 3. The minimum absolute atomic E-state index is 0.0512. The van der Waals surface area contributed by atoms with Gasteiger partial charge in [0.25, 0.3) is 0 Å². The normalized spacial score (nSPS) is 12.5. The fourth-order valence-electron chi connectivity index (χ4n) is 2.62. The molecule has 1 atom stereocenters. The minimum Gasteiger partial charge on any atom is -0.271 e. The summed E-state index contributed by atoms with van der Waals surface area (Å²) in [5.41, 5.74) is 7.54.